The van der Waals surface area contributed by atoms with Crippen molar-refractivity contribution in [2.24, 2.45) is 0 Å². The summed E-state index contributed by atoms with van der Waals surface area (Å²) in [5, 5.41) is 2.73. The van der Waals surface area contributed by atoms with E-state index in [2.05, 4.69) is 9.97 Å². The van der Waals surface area contributed by atoms with Crippen LogP contribution in [0.25, 0.3) is 21.7 Å². The minimum Gasteiger partial charge on any atom is -0.407 e. The van der Waals surface area contributed by atoms with E-state index >= 15 is 0 Å². The van der Waals surface area contributed by atoms with Crippen LogP contribution in [0.4, 0.5) is 0 Å². The molecule has 3 aromatic rings. The normalized spacial score (nSPS) is 11.5. The highest BCUT2D eigenvalue weighted by Crippen LogP contribution is 2.27. The molecule has 18 heavy (non-hydrogen) atoms. The van der Waals surface area contributed by atoms with Crippen LogP contribution in [0.5, 0.6) is 0 Å². The molecule has 0 atom stereocenters. The van der Waals surface area contributed by atoms with Crippen LogP contribution in [-0.4, -0.2) is 9.97 Å². The number of benzene rings is 1. The molecule has 4 heteroatoms. The number of nitrogens with zero attached hydrogens (tertiary/aromatic N) is 2. The molecule has 3 rings (SSSR count). The van der Waals surface area contributed by atoms with E-state index in [9.17, 15) is 4.79 Å². The van der Waals surface area contributed by atoms with Crippen LogP contribution >= 0.6 is 0 Å². The molecular weight excluding hydrogens is 228 g/mol. The summed E-state index contributed by atoms with van der Waals surface area (Å²) in [5.41, 5.74) is 1.34. The topological polar surface area (TPSA) is 56.0 Å². The van der Waals surface area contributed by atoms with Gasteiger partial charge in [-0.2, -0.15) is 4.98 Å². The lowest BCUT2D eigenvalue weighted by molar-refractivity contribution is 0.526. The fraction of sp³-hybridized carbons (Fsp3) is 0.214. The Balaban J connectivity index is 2.55. The van der Waals surface area contributed by atoms with E-state index in [1.165, 1.54) is 0 Å². The predicted octanol–water partition coefficient (Wildman–Crippen LogP) is 2.86. The molecule has 0 unspecified atom stereocenters. The van der Waals surface area contributed by atoms with Gasteiger partial charge in [0.2, 0.25) is 0 Å². The molecule has 2 aromatic heterocycles. The van der Waals surface area contributed by atoms with Gasteiger partial charge in [-0.05, 0) is 23.4 Å². The summed E-state index contributed by atoms with van der Waals surface area (Å²) in [7, 11) is 0. The van der Waals surface area contributed by atoms with Gasteiger partial charge >= 0.3 is 5.76 Å². The first-order valence-electron chi connectivity index (χ1n) is 5.84. The molecule has 0 N–H and O–H groups in total. The molecule has 0 spiro atoms. The van der Waals surface area contributed by atoms with Crippen molar-refractivity contribution in [3.8, 4) is 0 Å². The molecule has 0 aliphatic heterocycles. The standard InChI is InChI=1S/C14H12N2O2/c1-8(2)12-10-4-3-9-5-6-15-7-11(9)13(10)18-14(17)16-12/h3-8H,1-2H3. The van der Waals surface area contributed by atoms with Crippen LogP contribution in [0, 0.1) is 0 Å². The molecule has 0 fully saturated rings. The fourth-order valence-corrected chi connectivity index (χ4v) is 2.15. The molecule has 1 aromatic carbocycles. The zero-order chi connectivity index (χ0) is 12.7. The van der Waals surface area contributed by atoms with Crippen molar-refractivity contribution in [2.45, 2.75) is 19.8 Å². The summed E-state index contributed by atoms with van der Waals surface area (Å²) in [6.07, 6.45) is 3.43. The Labute approximate surface area is 103 Å². The molecule has 2 heterocycles. The van der Waals surface area contributed by atoms with Gasteiger partial charge in [-0.3, -0.25) is 4.98 Å². The fourth-order valence-electron chi connectivity index (χ4n) is 2.15. The van der Waals surface area contributed by atoms with Gasteiger partial charge in [0.1, 0.15) is 0 Å². The first-order valence-corrected chi connectivity index (χ1v) is 5.84. The zero-order valence-corrected chi connectivity index (χ0v) is 10.2. The number of rotatable bonds is 1. The van der Waals surface area contributed by atoms with Crippen molar-refractivity contribution in [3.63, 3.8) is 0 Å². The number of pyridine rings is 1. The summed E-state index contributed by atoms with van der Waals surface area (Å²) in [5.74, 6) is -0.381. The monoisotopic (exact) mass is 240 g/mol. The quantitative estimate of drug-likeness (QED) is 0.614. The summed E-state index contributed by atoms with van der Waals surface area (Å²) >= 11 is 0. The Kier molecular flexibility index (Phi) is 2.37. The molecule has 0 aliphatic carbocycles. The molecule has 0 aliphatic rings. The van der Waals surface area contributed by atoms with Gasteiger partial charge in [-0.1, -0.05) is 19.9 Å². The van der Waals surface area contributed by atoms with Crippen molar-refractivity contribution in [1.82, 2.24) is 9.97 Å². The first-order chi connectivity index (χ1) is 8.66. The average Bonchev–Trinajstić information content (AvgIpc) is 2.37. The maximum Gasteiger partial charge on any atom is 0.439 e. The van der Waals surface area contributed by atoms with Crippen molar-refractivity contribution in [3.05, 3.63) is 46.8 Å². The van der Waals surface area contributed by atoms with E-state index in [1.807, 2.05) is 32.0 Å². The van der Waals surface area contributed by atoms with Gasteiger partial charge in [-0.25, -0.2) is 4.79 Å². The van der Waals surface area contributed by atoms with E-state index in [1.54, 1.807) is 12.4 Å². The molecular formula is C14H12N2O2. The maximum absolute atomic E-state index is 11.6. The molecule has 0 saturated heterocycles. The van der Waals surface area contributed by atoms with Gasteiger partial charge in [0.25, 0.3) is 0 Å². The van der Waals surface area contributed by atoms with Gasteiger partial charge in [0.15, 0.2) is 5.58 Å². The Morgan fingerprint density at radius 1 is 1.17 bits per heavy atom. The molecule has 0 saturated carbocycles. The number of hydrogen-bond acceptors (Lipinski definition) is 4. The lowest BCUT2D eigenvalue weighted by Gasteiger charge is -2.08. The van der Waals surface area contributed by atoms with Crippen molar-refractivity contribution >= 4 is 21.7 Å². The summed E-state index contributed by atoms with van der Waals surface area (Å²) in [6.45, 7) is 4.02. The van der Waals surface area contributed by atoms with E-state index < -0.39 is 5.76 Å². The van der Waals surface area contributed by atoms with Gasteiger partial charge in [-0.15, -0.1) is 0 Å². The third kappa shape index (κ3) is 1.57. The highest BCUT2D eigenvalue weighted by Gasteiger charge is 2.12. The Morgan fingerprint density at radius 3 is 2.78 bits per heavy atom. The van der Waals surface area contributed by atoms with E-state index in [4.69, 9.17) is 4.42 Å². The maximum atomic E-state index is 11.6. The van der Waals surface area contributed by atoms with Crippen LogP contribution in [-0.2, 0) is 0 Å². The smallest absolute Gasteiger partial charge is 0.407 e. The Bertz CT molecular complexity index is 791. The predicted molar refractivity (Wildman–Crippen MR) is 69.7 cm³/mol. The van der Waals surface area contributed by atoms with Crippen LogP contribution in [0.1, 0.15) is 25.5 Å². The van der Waals surface area contributed by atoms with E-state index in [0.29, 0.717) is 5.58 Å². The molecule has 0 amide bonds. The number of fused-ring (bicyclic) bond motifs is 3. The Morgan fingerprint density at radius 2 is 2.00 bits per heavy atom. The molecule has 90 valence electrons. The van der Waals surface area contributed by atoms with E-state index in [0.717, 1.165) is 21.9 Å². The minimum atomic E-state index is -0.553. The lowest BCUT2D eigenvalue weighted by atomic mass is 10.0. The van der Waals surface area contributed by atoms with Crippen LogP contribution in [0.3, 0.4) is 0 Å². The SMILES string of the molecule is CC(C)c1nc(=O)oc2c1ccc1ccncc12. The second-order valence-electron chi connectivity index (χ2n) is 4.56. The first kappa shape index (κ1) is 10.9. The van der Waals surface area contributed by atoms with Gasteiger partial charge in [0, 0.05) is 23.2 Å². The van der Waals surface area contributed by atoms with Gasteiger partial charge in [0.05, 0.1) is 5.69 Å². The summed E-state index contributed by atoms with van der Waals surface area (Å²) < 4.78 is 5.26. The summed E-state index contributed by atoms with van der Waals surface area (Å²) in [4.78, 5) is 19.6. The average molecular weight is 240 g/mol. The third-order valence-corrected chi connectivity index (χ3v) is 3.00. The largest absolute Gasteiger partial charge is 0.439 e. The van der Waals surface area contributed by atoms with Gasteiger partial charge < -0.3 is 4.42 Å². The number of hydrogen-bond donors (Lipinski definition) is 0. The molecule has 4 nitrogen and oxygen atoms in total. The molecule has 0 bridgehead atoms. The Hall–Kier alpha value is -2.23. The second-order valence-corrected chi connectivity index (χ2v) is 4.56. The minimum absolute atomic E-state index is 0.172. The van der Waals surface area contributed by atoms with Crippen LogP contribution < -0.4 is 5.76 Å². The zero-order valence-electron chi connectivity index (χ0n) is 10.2. The lowest BCUT2D eigenvalue weighted by Crippen LogP contribution is -2.09. The summed E-state index contributed by atoms with van der Waals surface area (Å²) in [6, 6.07) is 5.83. The van der Waals surface area contributed by atoms with Crippen LogP contribution in [0.15, 0.2) is 39.8 Å². The van der Waals surface area contributed by atoms with Crippen molar-refractivity contribution in [1.29, 1.82) is 0 Å². The van der Waals surface area contributed by atoms with E-state index in [-0.39, 0.29) is 5.92 Å². The van der Waals surface area contributed by atoms with Crippen molar-refractivity contribution in [2.75, 3.05) is 0 Å². The van der Waals surface area contributed by atoms with Crippen LogP contribution in [0.2, 0.25) is 0 Å². The third-order valence-electron chi connectivity index (χ3n) is 3.00. The highest BCUT2D eigenvalue weighted by molar-refractivity contribution is 6.04. The second kappa shape index (κ2) is 3.91. The highest BCUT2D eigenvalue weighted by atomic mass is 16.4. The molecule has 0 radical (unpaired) electrons. The van der Waals surface area contributed by atoms with Crippen molar-refractivity contribution < 1.29 is 4.42 Å². The number of aromatic nitrogens is 2.